The van der Waals surface area contributed by atoms with E-state index in [1.165, 1.54) is 11.1 Å². The van der Waals surface area contributed by atoms with Crippen molar-refractivity contribution in [1.82, 2.24) is 5.32 Å². The summed E-state index contributed by atoms with van der Waals surface area (Å²) in [4.78, 5) is 0. The molecule has 0 aliphatic heterocycles. The van der Waals surface area contributed by atoms with Crippen molar-refractivity contribution in [3.8, 4) is 0 Å². The van der Waals surface area contributed by atoms with Crippen LogP contribution in [0.25, 0.3) is 0 Å². The van der Waals surface area contributed by atoms with E-state index in [9.17, 15) is 0 Å². The Morgan fingerprint density at radius 1 is 1.16 bits per heavy atom. The van der Waals surface area contributed by atoms with Gasteiger partial charge in [-0.3, -0.25) is 0 Å². The average Bonchev–Trinajstić information content (AvgIpc) is 2.41. The molecule has 0 amide bonds. The van der Waals surface area contributed by atoms with Gasteiger partial charge in [0.25, 0.3) is 0 Å². The highest BCUT2D eigenvalue weighted by Crippen LogP contribution is 2.19. The smallest absolute Gasteiger partial charge is 0.0728 e. The van der Waals surface area contributed by atoms with Gasteiger partial charge in [0.05, 0.1) is 19.8 Å². The van der Waals surface area contributed by atoms with Crippen LogP contribution in [-0.2, 0) is 22.6 Å². The third-order valence-corrected chi connectivity index (χ3v) is 3.45. The van der Waals surface area contributed by atoms with Crippen LogP contribution in [0, 0.1) is 0 Å². The lowest BCUT2D eigenvalue weighted by Crippen LogP contribution is -2.13. The molecule has 1 rings (SSSR count). The molecular formula is C15H24BrNO2. The molecule has 0 radical (unpaired) electrons. The van der Waals surface area contributed by atoms with Crippen molar-refractivity contribution in [3.63, 3.8) is 0 Å². The number of ether oxygens (including phenoxy) is 2. The van der Waals surface area contributed by atoms with Gasteiger partial charge in [-0.25, -0.2) is 0 Å². The van der Waals surface area contributed by atoms with Gasteiger partial charge < -0.3 is 14.8 Å². The normalized spacial score (nSPS) is 10.9. The zero-order valence-corrected chi connectivity index (χ0v) is 13.5. The van der Waals surface area contributed by atoms with E-state index in [4.69, 9.17) is 9.47 Å². The second kappa shape index (κ2) is 10.4. The molecule has 19 heavy (non-hydrogen) atoms. The Kier molecular flexibility index (Phi) is 9.08. The zero-order valence-electron chi connectivity index (χ0n) is 11.9. The van der Waals surface area contributed by atoms with Crippen LogP contribution >= 0.6 is 15.9 Å². The molecule has 0 saturated heterocycles. The van der Waals surface area contributed by atoms with Crippen molar-refractivity contribution in [2.24, 2.45) is 0 Å². The lowest BCUT2D eigenvalue weighted by molar-refractivity contribution is 0.0451. The van der Waals surface area contributed by atoms with Crippen LogP contribution in [0.3, 0.4) is 0 Å². The summed E-state index contributed by atoms with van der Waals surface area (Å²) in [6.45, 7) is 8.79. The first kappa shape index (κ1) is 16.6. The lowest BCUT2D eigenvalue weighted by atomic mass is 10.1. The topological polar surface area (TPSA) is 30.5 Å². The third kappa shape index (κ3) is 7.06. The Balaban J connectivity index is 2.34. The summed E-state index contributed by atoms with van der Waals surface area (Å²) in [5.74, 6) is 0. The van der Waals surface area contributed by atoms with E-state index in [2.05, 4.69) is 46.4 Å². The Labute approximate surface area is 124 Å². The molecule has 108 valence electrons. The first-order chi connectivity index (χ1) is 9.27. The van der Waals surface area contributed by atoms with Crippen LogP contribution in [0.1, 0.15) is 31.4 Å². The molecule has 0 saturated carbocycles. The second-order valence-electron chi connectivity index (χ2n) is 4.35. The standard InChI is InChI=1S/C15H24BrNO2/c1-3-7-17-11-13-5-6-14(15(16)10-13)12-19-9-8-18-4-2/h5-6,10,17H,3-4,7-9,11-12H2,1-2H3. The molecule has 0 heterocycles. The van der Waals surface area contributed by atoms with Gasteiger partial charge in [-0.2, -0.15) is 0 Å². The second-order valence-corrected chi connectivity index (χ2v) is 5.21. The fourth-order valence-electron chi connectivity index (χ4n) is 1.67. The molecule has 1 aromatic carbocycles. The molecule has 4 heteroatoms. The minimum atomic E-state index is 0.621. The van der Waals surface area contributed by atoms with Crippen LogP contribution in [0.15, 0.2) is 22.7 Å². The molecular weight excluding hydrogens is 306 g/mol. The Bertz CT molecular complexity index is 358. The Hall–Kier alpha value is -0.420. The van der Waals surface area contributed by atoms with E-state index < -0.39 is 0 Å². The number of rotatable bonds is 10. The first-order valence-electron chi connectivity index (χ1n) is 6.91. The first-order valence-corrected chi connectivity index (χ1v) is 7.70. The van der Waals surface area contributed by atoms with Crippen molar-refractivity contribution < 1.29 is 9.47 Å². The monoisotopic (exact) mass is 329 g/mol. The van der Waals surface area contributed by atoms with Gasteiger partial charge in [-0.05, 0) is 37.1 Å². The average molecular weight is 330 g/mol. The maximum atomic E-state index is 5.57. The fourth-order valence-corrected chi connectivity index (χ4v) is 2.21. The number of hydrogen-bond acceptors (Lipinski definition) is 3. The predicted molar refractivity (Wildman–Crippen MR) is 82.3 cm³/mol. The van der Waals surface area contributed by atoms with Crippen molar-refractivity contribution in [1.29, 1.82) is 0 Å². The maximum absolute atomic E-state index is 5.57. The van der Waals surface area contributed by atoms with Crippen LogP contribution in [0.4, 0.5) is 0 Å². The molecule has 0 bridgehead atoms. The van der Waals surface area contributed by atoms with Crippen molar-refractivity contribution in [2.45, 2.75) is 33.4 Å². The Morgan fingerprint density at radius 2 is 1.95 bits per heavy atom. The molecule has 0 aromatic heterocycles. The van der Waals surface area contributed by atoms with E-state index in [0.29, 0.717) is 19.8 Å². The number of benzene rings is 1. The van der Waals surface area contributed by atoms with Gasteiger partial charge in [0.1, 0.15) is 0 Å². The molecule has 1 aromatic rings. The van der Waals surface area contributed by atoms with E-state index in [0.717, 1.165) is 30.6 Å². The minimum absolute atomic E-state index is 0.621. The van der Waals surface area contributed by atoms with Crippen LogP contribution < -0.4 is 5.32 Å². The highest BCUT2D eigenvalue weighted by molar-refractivity contribution is 9.10. The third-order valence-electron chi connectivity index (χ3n) is 2.71. The summed E-state index contributed by atoms with van der Waals surface area (Å²) in [6.07, 6.45) is 1.16. The summed E-state index contributed by atoms with van der Waals surface area (Å²) in [5.41, 5.74) is 2.47. The summed E-state index contributed by atoms with van der Waals surface area (Å²) in [5, 5.41) is 3.40. The SMILES string of the molecule is CCCNCc1ccc(COCCOCC)c(Br)c1. The molecule has 3 nitrogen and oxygen atoms in total. The predicted octanol–water partition coefficient (Wildman–Crippen LogP) is 3.50. The van der Waals surface area contributed by atoms with Crippen LogP contribution in [0.5, 0.6) is 0 Å². The van der Waals surface area contributed by atoms with Gasteiger partial charge in [0.15, 0.2) is 0 Å². The molecule has 0 aliphatic rings. The van der Waals surface area contributed by atoms with Crippen LogP contribution in [0.2, 0.25) is 0 Å². The minimum Gasteiger partial charge on any atom is -0.379 e. The van der Waals surface area contributed by atoms with Gasteiger partial charge in [-0.15, -0.1) is 0 Å². The molecule has 0 spiro atoms. The quantitative estimate of drug-likeness (QED) is 0.666. The summed E-state index contributed by atoms with van der Waals surface area (Å²) < 4.78 is 11.9. The molecule has 0 fully saturated rings. The van der Waals surface area contributed by atoms with Crippen molar-refractivity contribution in [3.05, 3.63) is 33.8 Å². The van der Waals surface area contributed by atoms with E-state index in [1.54, 1.807) is 0 Å². The molecule has 0 atom stereocenters. The molecule has 1 N–H and O–H groups in total. The van der Waals surface area contributed by atoms with Gasteiger partial charge in [0.2, 0.25) is 0 Å². The van der Waals surface area contributed by atoms with E-state index in [-0.39, 0.29) is 0 Å². The number of nitrogens with one attached hydrogen (secondary N) is 1. The highest BCUT2D eigenvalue weighted by Gasteiger charge is 2.02. The summed E-state index contributed by atoms with van der Waals surface area (Å²) in [6, 6.07) is 6.42. The maximum Gasteiger partial charge on any atom is 0.0728 e. The Morgan fingerprint density at radius 3 is 2.63 bits per heavy atom. The van der Waals surface area contributed by atoms with Crippen LogP contribution in [-0.4, -0.2) is 26.4 Å². The number of hydrogen-bond donors (Lipinski definition) is 1. The molecule has 0 aliphatic carbocycles. The van der Waals surface area contributed by atoms with E-state index in [1.807, 2.05) is 6.92 Å². The highest BCUT2D eigenvalue weighted by atomic mass is 79.9. The van der Waals surface area contributed by atoms with Gasteiger partial charge >= 0.3 is 0 Å². The zero-order chi connectivity index (χ0) is 13.9. The van der Waals surface area contributed by atoms with Gasteiger partial charge in [-0.1, -0.05) is 35.0 Å². The fraction of sp³-hybridized carbons (Fsp3) is 0.600. The largest absolute Gasteiger partial charge is 0.379 e. The number of halogens is 1. The van der Waals surface area contributed by atoms with Crippen molar-refractivity contribution >= 4 is 15.9 Å². The van der Waals surface area contributed by atoms with Crippen molar-refractivity contribution in [2.75, 3.05) is 26.4 Å². The van der Waals surface area contributed by atoms with E-state index >= 15 is 0 Å². The van der Waals surface area contributed by atoms with Gasteiger partial charge in [0, 0.05) is 17.6 Å². The lowest BCUT2D eigenvalue weighted by Gasteiger charge is -2.09. The summed E-state index contributed by atoms with van der Waals surface area (Å²) >= 11 is 3.60. The molecule has 0 unspecified atom stereocenters. The summed E-state index contributed by atoms with van der Waals surface area (Å²) in [7, 11) is 0.